The predicted molar refractivity (Wildman–Crippen MR) is 72.0 cm³/mol. The van der Waals surface area contributed by atoms with E-state index in [2.05, 4.69) is 15.5 Å². The number of aromatic nitrogens is 1. The summed E-state index contributed by atoms with van der Waals surface area (Å²) in [4.78, 5) is 15.7. The number of phenolic OH excluding ortho intramolecular Hbond substituents is 1. The van der Waals surface area contributed by atoms with Crippen molar-refractivity contribution in [1.82, 2.24) is 10.4 Å². The minimum absolute atomic E-state index is 0.0724. The molecule has 2 aromatic rings. The monoisotopic (exact) mass is 255 g/mol. The number of phenols is 1. The average molecular weight is 255 g/mol. The summed E-state index contributed by atoms with van der Waals surface area (Å²) in [5, 5.41) is 13.5. The SMILES string of the molecule is CC(=NNC(=O)c1ccccc1O)c1ccncc1. The average Bonchev–Trinajstić information content (AvgIpc) is 2.46. The Morgan fingerprint density at radius 2 is 1.89 bits per heavy atom. The minimum Gasteiger partial charge on any atom is -0.507 e. The van der Waals surface area contributed by atoms with Crippen molar-refractivity contribution >= 4 is 11.6 Å². The zero-order chi connectivity index (χ0) is 13.7. The van der Waals surface area contributed by atoms with Crippen LogP contribution in [0.25, 0.3) is 0 Å². The lowest BCUT2D eigenvalue weighted by Gasteiger charge is -2.04. The van der Waals surface area contributed by atoms with E-state index in [4.69, 9.17) is 0 Å². The zero-order valence-corrected chi connectivity index (χ0v) is 10.4. The van der Waals surface area contributed by atoms with E-state index in [0.29, 0.717) is 5.71 Å². The fourth-order valence-corrected chi connectivity index (χ4v) is 1.52. The van der Waals surface area contributed by atoms with Crippen molar-refractivity contribution in [3.63, 3.8) is 0 Å². The number of carbonyl (C=O) groups is 1. The molecule has 0 saturated heterocycles. The van der Waals surface area contributed by atoms with Gasteiger partial charge in [0.2, 0.25) is 0 Å². The molecule has 5 heteroatoms. The molecule has 0 saturated carbocycles. The van der Waals surface area contributed by atoms with Gasteiger partial charge < -0.3 is 5.11 Å². The van der Waals surface area contributed by atoms with Crippen LogP contribution >= 0.6 is 0 Å². The summed E-state index contributed by atoms with van der Waals surface area (Å²) in [7, 11) is 0. The Morgan fingerprint density at radius 1 is 1.21 bits per heavy atom. The summed E-state index contributed by atoms with van der Waals surface area (Å²) < 4.78 is 0. The lowest BCUT2D eigenvalue weighted by Crippen LogP contribution is -2.19. The number of nitrogens with one attached hydrogen (secondary N) is 1. The number of rotatable bonds is 3. The highest BCUT2D eigenvalue weighted by Gasteiger charge is 2.09. The Morgan fingerprint density at radius 3 is 2.58 bits per heavy atom. The van der Waals surface area contributed by atoms with E-state index in [0.717, 1.165) is 5.56 Å². The highest BCUT2D eigenvalue weighted by Crippen LogP contribution is 2.14. The molecule has 96 valence electrons. The number of benzene rings is 1. The van der Waals surface area contributed by atoms with Crippen LogP contribution in [0.3, 0.4) is 0 Å². The first-order chi connectivity index (χ1) is 9.18. The molecule has 0 bridgehead atoms. The number of nitrogens with zero attached hydrogens (tertiary/aromatic N) is 2. The fourth-order valence-electron chi connectivity index (χ4n) is 1.52. The Bertz CT molecular complexity index is 609. The Labute approximate surface area is 110 Å². The van der Waals surface area contributed by atoms with Crippen LogP contribution in [0.2, 0.25) is 0 Å². The molecule has 1 heterocycles. The second kappa shape index (κ2) is 5.77. The Hall–Kier alpha value is -2.69. The maximum Gasteiger partial charge on any atom is 0.275 e. The second-order valence-corrected chi connectivity index (χ2v) is 3.89. The van der Waals surface area contributed by atoms with E-state index in [1.807, 2.05) is 0 Å². The molecular weight excluding hydrogens is 242 g/mol. The van der Waals surface area contributed by atoms with Gasteiger partial charge in [0.25, 0.3) is 5.91 Å². The summed E-state index contributed by atoms with van der Waals surface area (Å²) >= 11 is 0. The third-order valence-electron chi connectivity index (χ3n) is 2.57. The number of carbonyl (C=O) groups excluding carboxylic acids is 1. The van der Waals surface area contributed by atoms with Gasteiger partial charge in [-0.15, -0.1) is 0 Å². The van der Waals surface area contributed by atoms with Crippen LogP contribution in [0.1, 0.15) is 22.8 Å². The molecule has 1 amide bonds. The summed E-state index contributed by atoms with van der Waals surface area (Å²) in [5.74, 6) is -0.525. The van der Waals surface area contributed by atoms with Crippen molar-refractivity contribution in [2.24, 2.45) is 5.10 Å². The third-order valence-corrected chi connectivity index (χ3v) is 2.57. The van der Waals surface area contributed by atoms with Gasteiger partial charge in [-0.1, -0.05) is 12.1 Å². The highest BCUT2D eigenvalue weighted by molar-refractivity contribution is 6.01. The molecular formula is C14H13N3O2. The smallest absolute Gasteiger partial charge is 0.275 e. The van der Waals surface area contributed by atoms with E-state index >= 15 is 0 Å². The maximum atomic E-state index is 11.8. The van der Waals surface area contributed by atoms with Crippen LogP contribution in [-0.4, -0.2) is 21.7 Å². The van der Waals surface area contributed by atoms with E-state index < -0.39 is 5.91 Å². The maximum absolute atomic E-state index is 11.8. The zero-order valence-electron chi connectivity index (χ0n) is 10.4. The van der Waals surface area contributed by atoms with Gasteiger partial charge in [-0.3, -0.25) is 9.78 Å². The molecule has 0 aliphatic rings. The third kappa shape index (κ3) is 3.16. The molecule has 0 unspecified atom stereocenters. The van der Waals surface area contributed by atoms with Crippen molar-refractivity contribution < 1.29 is 9.90 Å². The number of amides is 1. The first-order valence-corrected chi connectivity index (χ1v) is 5.71. The first-order valence-electron chi connectivity index (χ1n) is 5.71. The van der Waals surface area contributed by atoms with E-state index in [1.54, 1.807) is 43.6 Å². The van der Waals surface area contributed by atoms with Crippen LogP contribution < -0.4 is 5.43 Å². The van der Waals surface area contributed by atoms with Crippen LogP contribution in [0, 0.1) is 0 Å². The Balaban J connectivity index is 2.11. The van der Waals surface area contributed by atoms with Crippen LogP contribution in [0.5, 0.6) is 5.75 Å². The van der Waals surface area contributed by atoms with E-state index in [1.165, 1.54) is 12.1 Å². The second-order valence-electron chi connectivity index (χ2n) is 3.89. The van der Waals surface area contributed by atoms with Crippen molar-refractivity contribution in [1.29, 1.82) is 0 Å². The molecule has 0 atom stereocenters. The standard InChI is InChI=1S/C14H13N3O2/c1-10(11-6-8-15-9-7-11)16-17-14(19)12-4-2-3-5-13(12)18/h2-9,18H,1H3,(H,17,19). The molecule has 2 rings (SSSR count). The van der Waals surface area contributed by atoms with Gasteiger partial charge in [0, 0.05) is 18.0 Å². The topological polar surface area (TPSA) is 74.6 Å². The summed E-state index contributed by atoms with van der Waals surface area (Å²) in [6, 6.07) is 9.90. The van der Waals surface area contributed by atoms with Crippen LogP contribution in [-0.2, 0) is 0 Å². The largest absolute Gasteiger partial charge is 0.507 e. The van der Waals surface area contributed by atoms with Gasteiger partial charge in [-0.2, -0.15) is 5.10 Å². The molecule has 0 aliphatic carbocycles. The van der Waals surface area contributed by atoms with Gasteiger partial charge in [0.05, 0.1) is 11.3 Å². The van der Waals surface area contributed by atoms with Gasteiger partial charge in [0.1, 0.15) is 5.75 Å². The lowest BCUT2D eigenvalue weighted by atomic mass is 10.2. The minimum atomic E-state index is -0.452. The lowest BCUT2D eigenvalue weighted by molar-refractivity contribution is 0.0952. The molecule has 0 aliphatic heterocycles. The van der Waals surface area contributed by atoms with Crippen molar-refractivity contribution in [2.75, 3.05) is 0 Å². The van der Waals surface area contributed by atoms with Gasteiger partial charge in [-0.05, 0) is 31.2 Å². The van der Waals surface area contributed by atoms with E-state index in [-0.39, 0.29) is 11.3 Å². The highest BCUT2D eigenvalue weighted by atomic mass is 16.3. The van der Waals surface area contributed by atoms with Crippen LogP contribution in [0.15, 0.2) is 53.9 Å². The van der Waals surface area contributed by atoms with Crippen molar-refractivity contribution in [2.45, 2.75) is 6.92 Å². The van der Waals surface area contributed by atoms with Crippen LogP contribution in [0.4, 0.5) is 0 Å². The number of hydrazone groups is 1. The van der Waals surface area contributed by atoms with Gasteiger partial charge in [0.15, 0.2) is 0 Å². The Kier molecular flexibility index (Phi) is 3.87. The van der Waals surface area contributed by atoms with Crippen molar-refractivity contribution in [3.05, 3.63) is 59.9 Å². The molecule has 1 aromatic heterocycles. The molecule has 0 spiro atoms. The molecule has 1 aromatic carbocycles. The molecule has 0 fully saturated rings. The molecule has 5 nitrogen and oxygen atoms in total. The molecule has 19 heavy (non-hydrogen) atoms. The molecule has 0 radical (unpaired) electrons. The fraction of sp³-hybridized carbons (Fsp3) is 0.0714. The molecule has 2 N–H and O–H groups in total. The quantitative estimate of drug-likeness (QED) is 0.650. The number of para-hydroxylation sites is 1. The number of aromatic hydroxyl groups is 1. The van der Waals surface area contributed by atoms with Crippen molar-refractivity contribution in [3.8, 4) is 5.75 Å². The number of hydrogen-bond acceptors (Lipinski definition) is 4. The number of hydrogen-bond donors (Lipinski definition) is 2. The van der Waals surface area contributed by atoms with Gasteiger partial charge >= 0.3 is 0 Å². The number of pyridine rings is 1. The van der Waals surface area contributed by atoms with E-state index in [9.17, 15) is 9.90 Å². The summed E-state index contributed by atoms with van der Waals surface area (Å²) in [6.07, 6.45) is 3.30. The summed E-state index contributed by atoms with van der Waals surface area (Å²) in [5.41, 5.74) is 4.12. The predicted octanol–water partition coefficient (Wildman–Crippen LogP) is 1.94. The summed E-state index contributed by atoms with van der Waals surface area (Å²) in [6.45, 7) is 1.78. The first kappa shape index (κ1) is 12.8. The normalized spacial score (nSPS) is 11.1. The van der Waals surface area contributed by atoms with Gasteiger partial charge in [-0.25, -0.2) is 5.43 Å².